The van der Waals surface area contributed by atoms with Crippen LogP contribution in [0.15, 0.2) is 42.5 Å². The molecule has 0 saturated heterocycles. The van der Waals surface area contributed by atoms with Crippen molar-refractivity contribution in [2.45, 2.75) is 13.2 Å². The highest BCUT2D eigenvalue weighted by Gasteiger charge is 2.10. The summed E-state index contributed by atoms with van der Waals surface area (Å²) < 4.78 is 4.89. The zero-order valence-electron chi connectivity index (χ0n) is 13.5. The first-order valence-electron chi connectivity index (χ1n) is 7.63. The highest BCUT2D eigenvalue weighted by Crippen LogP contribution is 2.21. The molecule has 0 fully saturated rings. The maximum Gasteiger partial charge on any atom is 0.252 e. The van der Waals surface area contributed by atoms with Gasteiger partial charge in [-0.05, 0) is 29.3 Å². The van der Waals surface area contributed by atoms with Crippen molar-refractivity contribution in [3.63, 3.8) is 0 Å². The van der Waals surface area contributed by atoms with Gasteiger partial charge >= 0.3 is 0 Å². The third-order valence-corrected chi connectivity index (χ3v) is 3.82. The molecule has 24 heavy (non-hydrogen) atoms. The molecule has 0 spiro atoms. The Morgan fingerprint density at radius 2 is 1.88 bits per heavy atom. The third kappa shape index (κ3) is 5.23. The highest BCUT2D eigenvalue weighted by atomic mass is 35.5. The number of hydrogen-bond donors (Lipinski definition) is 3. The second-order valence-electron chi connectivity index (χ2n) is 5.27. The van der Waals surface area contributed by atoms with Crippen LogP contribution in [0.5, 0.6) is 0 Å². The molecule has 1 amide bonds. The lowest BCUT2D eigenvalue weighted by molar-refractivity contribution is 0.0937. The number of benzene rings is 2. The average molecular weight is 349 g/mol. The number of amides is 1. The van der Waals surface area contributed by atoms with E-state index in [4.69, 9.17) is 21.4 Å². The second kappa shape index (κ2) is 9.27. The van der Waals surface area contributed by atoms with Crippen LogP contribution in [0.2, 0.25) is 5.02 Å². The average Bonchev–Trinajstić information content (AvgIpc) is 2.60. The molecule has 0 saturated carbocycles. The van der Waals surface area contributed by atoms with Gasteiger partial charge in [-0.25, -0.2) is 0 Å². The predicted molar refractivity (Wildman–Crippen MR) is 95.4 cm³/mol. The Morgan fingerprint density at radius 3 is 2.50 bits per heavy atom. The van der Waals surface area contributed by atoms with Gasteiger partial charge < -0.3 is 20.5 Å². The van der Waals surface area contributed by atoms with Crippen LogP contribution in [-0.2, 0) is 17.9 Å². The summed E-state index contributed by atoms with van der Waals surface area (Å²) in [4.78, 5) is 12.0. The molecule has 0 unspecified atom stereocenters. The molecule has 0 aliphatic rings. The number of ether oxygens (including phenoxy) is 1. The molecule has 0 atom stereocenters. The van der Waals surface area contributed by atoms with Crippen molar-refractivity contribution in [3.8, 4) is 0 Å². The summed E-state index contributed by atoms with van der Waals surface area (Å²) >= 11 is 6.20. The Hall–Kier alpha value is -2.08. The first-order valence-corrected chi connectivity index (χ1v) is 8.01. The smallest absolute Gasteiger partial charge is 0.252 e. The van der Waals surface area contributed by atoms with Gasteiger partial charge in [-0.15, -0.1) is 0 Å². The van der Waals surface area contributed by atoms with Crippen molar-refractivity contribution < 1.29 is 14.6 Å². The quantitative estimate of drug-likeness (QED) is 0.641. The molecule has 0 aromatic heterocycles. The van der Waals surface area contributed by atoms with E-state index >= 15 is 0 Å². The van der Waals surface area contributed by atoms with Gasteiger partial charge in [-0.2, -0.15) is 0 Å². The summed E-state index contributed by atoms with van der Waals surface area (Å²) in [7, 11) is 1.58. The second-order valence-corrected chi connectivity index (χ2v) is 5.68. The Bertz CT molecular complexity index is 674. The van der Waals surface area contributed by atoms with Gasteiger partial charge in [-0.3, -0.25) is 4.79 Å². The molecule has 5 nitrogen and oxygen atoms in total. The van der Waals surface area contributed by atoms with Crippen molar-refractivity contribution in [1.29, 1.82) is 0 Å². The molecular formula is C18H21ClN2O3. The van der Waals surface area contributed by atoms with Crippen LogP contribution in [0.1, 0.15) is 21.5 Å². The Morgan fingerprint density at radius 1 is 1.17 bits per heavy atom. The Labute approximate surface area is 146 Å². The lowest BCUT2D eigenvalue weighted by atomic mass is 10.1. The number of rotatable bonds is 8. The maximum absolute atomic E-state index is 12.0. The van der Waals surface area contributed by atoms with Crippen molar-refractivity contribution in [2.24, 2.45) is 0 Å². The molecule has 2 aromatic rings. The van der Waals surface area contributed by atoms with Crippen molar-refractivity contribution in [3.05, 3.63) is 64.2 Å². The lowest BCUT2D eigenvalue weighted by Crippen LogP contribution is -2.27. The number of anilines is 1. The molecule has 2 aromatic carbocycles. The summed E-state index contributed by atoms with van der Waals surface area (Å²) in [6.07, 6.45) is 0. The van der Waals surface area contributed by atoms with Crippen LogP contribution in [0.25, 0.3) is 0 Å². The van der Waals surface area contributed by atoms with Crippen LogP contribution < -0.4 is 10.6 Å². The number of hydrogen-bond acceptors (Lipinski definition) is 4. The van der Waals surface area contributed by atoms with Gasteiger partial charge in [0.15, 0.2) is 0 Å². The van der Waals surface area contributed by atoms with Crippen molar-refractivity contribution in [1.82, 2.24) is 5.32 Å². The minimum Gasteiger partial charge on any atom is -0.392 e. The standard InChI is InChI=1S/C18H21ClN2O3/c1-24-9-8-20-18(23)16-7-6-15(10-17(16)19)21-11-13-2-4-14(12-22)5-3-13/h2-7,10,21-22H,8-9,11-12H2,1H3,(H,20,23). The van der Waals surface area contributed by atoms with Gasteiger partial charge in [0.25, 0.3) is 5.91 Å². The lowest BCUT2D eigenvalue weighted by Gasteiger charge is -2.10. The fourth-order valence-corrected chi connectivity index (χ4v) is 2.40. The van der Waals surface area contributed by atoms with Crippen LogP contribution in [0, 0.1) is 0 Å². The minimum atomic E-state index is -0.219. The van der Waals surface area contributed by atoms with E-state index in [1.165, 1.54) is 0 Å². The fourth-order valence-electron chi connectivity index (χ4n) is 2.14. The molecule has 0 aliphatic heterocycles. The van der Waals surface area contributed by atoms with E-state index in [9.17, 15) is 4.79 Å². The Balaban J connectivity index is 1.94. The fraction of sp³-hybridized carbons (Fsp3) is 0.278. The number of aliphatic hydroxyl groups excluding tert-OH is 1. The topological polar surface area (TPSA) is 70.6 Å². The van der Waals surface area contributed by atoms with E-state index in [2.05, 4.69) is 10.6 Å². The molecule has 0 radical (unpaired) electrons. The minimum absolute atomic E-state index is 0.0389. The van der Waals surface area contributed by atoms with Gasteiger partial charge in [0.1, 0.15) is 0 Å². The molecule has 2 rings (SSSR count). The van der Waals surface area contributed by atoms with Crippen LogP contribution in [0.4, 0.5) is 5.69 Å². The molecule has 0 aliphatic carbocycles. The monoisotopic (exact) mass is 348 g/mol. The summed E-state index contributed by atoms with van der Waals surface area (Å²) in [5, 5.41) is 15.4. The van der Waals surface area contributed by atoms with E-state index in [1.807, 2.05) is 30.3 Å². The number of carbonyl (C=O) groups is 1. The van der Waals surface area contributed by atoms with E-state index in [0.29, 0.717) is 30.3 Å². The Kier molecular flexibility index (Phi) is 7.06. The molecule has 0 bridgehead atoms. The summed E-state index contributed by atoms with van der Waals surface area (Å²) in [5.74, 6) is -0.219. The maximum atomic E-state index is 12.0. The number of nitrogens with one attached hydrogen (secondary N) is 2. The largest absolute Gasteiger partial charge is 0.392 e. The highest BCUT2D eigenvalue weighted by molar-refractivity contribution is 6.34. The molecule has 6 heteroatoms. The molecule has 0 heterocycles. The molecular weight excluding hydrogens is 328 g/mol. The normalized spacial score (nSPS) is 10.5. The number of methoxy groups -OCH3 is 1. The van der Waals surface area contributed by atoms with Crippen LogP contribution >= 0.6 is 11.6 Å². The first kappa shape index (κ1) is 18.3. The van der Waals surface area contributed by atoms with Gasteiger partial charge in [0.05, 0.1) is 23.8 Å². The van der Waals surface area contributed by atoms with Crippen molar-refractivity contribution in [2.75, 3.05) is 25.6 Å². The van der Waals surface area contributed by atoms with Gasteiger partial charge in [0.2, 0.25) is 0 Å². The summed E-state index contributed by atoms with van der Waals surface area (Å²) in [6.45, 7) is 1.56. The number of carbonyl (C=O) groups excluding carboxylic acids is 1. The zero-order chi connectivity index (χ0) is 17.4. The zero-order valence-corrected chi connectivity index (χ0v) is 14.3. The van der Waals surface area contributed by atoms with Gasteiger partial charge in [0, 0.05) is 25.9 Å². The van der Waals surface area contributed by atoms with E-state index in [1.54, 1.807) is 19.2 Å². The van der Waals surface area contributed by atoms with E-state index in [-0.39, 0.29) is 12.5 Å². The summed E-state index contributed by atoms with van der Waals surface area (Å²) in [5.41, 5.74) is 3.24. The third-order valence-electron chi connectivity index (χ3n) is 3.51. The first-order chi connectivity index (χ1) is 11.6. The van der Waals surface area contributed by atoms with Gasteiger partial charge in [-0.1, -0.05) is 35.9 Å². The predicted octanol–water partition coefficient (Wildman–Crippen LogP) is 2.82. The van der Waals surface area contributed by atoms with E-state index < -0.39 is 0 Å². The van der Waals surface area contributed by atoms with Crippen LogP contribution in [0.3, 0.4) is 0 Å². The van der Waals surface area contributed by atoms with Crippen LogP contribution in [-0.4, -0.2) is 31.3 Å². The van der Waals surface area contributed by atoms with Crippen molar-refractivity contribution >= 4 is 23.2 Å². The number of aliphatic hydroxyl groups is 1. The SMILES string of the molecule is COCCNC(=O)c1ccc(NCc2ccc(CO)cc2)cc1Cl. The summed E-state index contributed by atoms with van der Waals surface area (Å²) in [6, 6.07) is 12.9. The molecule has 128 valence electrons. The number of halogens is 1. The van der Waals surface area contributed by atoms with E-state index in [0.717, 1.165) is 16.8 Å². The molecule has 3 N–H and O–H groups in total.